The van der Waals surface area contributed by atoms with E-state index in [0.717, 1.165) is 27.5 Å². The lowest BCUT2D eigenvalue weighted by atomic mass is 10.0. The van der Waals surface area contributed by atoms with Crippen molar-refractivity contribution in [1.29, 1.82) is 0 Å². The maximum Gasteiger partial charge on any atom is 0.411 e. The van der Waals surface area contributed by atoms with Gasteiger partial charge in [-0.15, -0.1) is 11.8 Å². The summed E-state index contributed by atoms with van der Waals surface area (Å²) >= 11 is 1.65. The van der Waals surface area contributed by atoms with Crippen molar-refractivity contribution in [1.82, 2.24) is 4.98 Å². The molecule has 2 aromatic carbocycles. The van der Waals surface area contributed by atoms with Gasteiger partial charge < -0.3 is 19.3 Å². The van der Waals surface area contributed by atoms with E-state index in [0.29, 0.717) is 12.1 Å². The Morgan fingerprint density at radius 1 is 1.11 bits per heavy atom. The van der Waals surface area contributed by atoms with Gasteiger partial charge >= 0.3 is 6.09 Å². The van der Waals surface area contributed by atoms with Crippen molar-refractivity contribution in [2.24, 2.45) is 0 Å². The molecule has 2 N–H and O–H groups in total. The smallest absolute Gasteiger partial charge is 0.411 e. The molecule has 3 unspecified atom stereocenters. The molecule has 0 radical (unpaired) electrons. The van der Waals surface area contributed by atoms with Crippen molar-refractivity contribution >= 4 is 23.5 Å². The molecule has 8 heteroatoms. The lowest BCUT2D eigenvalue weighted by molar-refractivity contribution is -0.245. The third-order valence-corrected chi connectivity index (χ3v) is 6.51. The molecule has 3 atom stereocenters. The molecule has 1 saturated heterocycles. The second-order valence-corrected chi connectivity index (χ2v) is 9.00. The summed E-state index contributed by atoms with van der Waals surface area (Å²) < 4.78 is 17.6. The SMILES string of the molecule is C=CCOC(=O)Nc1ccc(C2OC(CSc3ccccn3)CC(c3ccc(CO)cc3)O2)cc1. The van der Waals surface area contributed by atoms with E-state index in [1.807, 2.05) is 54.6 Å². The summed E-state index contributed by atoms with van der Waals surface area (Å²) in [6.45, 7) is 3.67. The van der Waals surface area contributed by atoms with Gasteiger partial charge in [0.05, 0.1) is 23.8 Å². The van der Waals surface area contributed by atoms with Crippen LogP contribution in [0.25, 0.3) is 0 Å². The van der Waals surface area contributed by atoms with Crippen LogP contribution in [0.4, 0.5) is 10.5 Å². The Labute approximate surface area is 209 Å². The molecule has 1 aliphatic heterocycles. The van der Waals surface area contributed by atoms with E-state index in [2.05, 4.69) is 16.9 Å². The molecule has 0 bridgehead atoms. The van der Waals surface area contributed by atoms with Gasteiger partial charge in [0.15, 0.2) is 6.29 Å². The van der Waals surface area contributed by atoms with Crippen LogP contribution >= 0.6 is 11.8 Å². The highest BCUT2D eigenvalue weighted by Gasteiger charge is 2.32. The number of anilines is 1. The van der Waals surface area contributed by atoms with Gasteiger partial charge in [0.25, 0.3) is 0 Å². The molecule has 0 spiro atoms. The van der Waals surface area contributed by atoms with Gasteiger partial charge in [-0.05, 0) is 35.4 Å². The Kier molecular flexibility index (Phi) is 8.91. The monoisotopic (exact) mass is 492 g/mol. The van der Waals surface area contributed by atoms with E-state index in [4.69, 9.17) is 14.2 Å². The lowest BCUT2D eigenvalue weighted by Gasteiger charge is -2.36. The number of aliphatic hydroxyl groups is 1. The molecule has 35 heavy (non-hydrogen) atoms. The van der Waals surface area contributed by atoms with E-state index in [1.54, 1.807) is 30.1 Å². The predicted molar refractivity (Wildman–Crippen MR) is 135 cm³/mol. The topological polar surface area (TPSA) is 89.9 Å². The number of ether oxygens (including phenoxy) is 3. The highest BCUT2D eigenvalue weighted by Crippen LogP contribution is 2.39. The minimum Gasteiger partial charge on any atom is -0.445 e. The first-order valence-corrected chi connectivity index (χ1v) is 12.3. The highest BCUT2D eigenvalue weighted by molar-refractivity contribution is 7.99. The first-order chi connectivity index (χ1) is 17.1. The second kappa shape index (κ2) is 12.5. The summed E-state index contributed by atoms with van der Waals surface area (Å²) in [7, 11) is 0. The fourth-order valence-corrected chi connectivity index (χ4v) is 4.53. The van der Waals surface area contributed by atoms with Gasteiger partial charge in [-0.2, -0.15) is 0 Å². The Bertz CT molecular complexity index is 1090. The van der Waals surface area contributed by atoms with Crippen LogP contribution in [0.1, 0.15) is 35.5 Å². The molecule has 1 amide bonds. The number of nitrogens with zero attached hydrogens (tertiary/aromatic N) is 1. The molecular formula is C27H28N2O5S. The highest BCUT2D eigenvalue weighted by atomic mass is 32.2. The number of aliphatic hydroxyl groups excluding tert-OH is 1. The molecule has 0 saturated carbocycles. The number of carbonyl (C=O) groups is 1. The standard InChI is InChI=1S/C27H28N2O5S/c1-2-15-32-27(31)29-22-12-10-21(11-13-22)26-33-23(18-35-25-5-3-4-14-28-25)16-24(34-26)20-8-6-19(17-30)7-9-20/h2-14,23-24,26,30H,1,15-18H2,(H,29,31). The van der Waals surface area contributed by atoms with Crippen molar-refractivity contribution in [2.45, 2.75) is 36.6 Å². The Balaban J connectivity index is 1.47. The van der Waals surface area contributed by atoms with Crippen molar-refractivity contribution in [3.63, 3.8) is 0 Å². The summed E-state index contributed by atoms with van der Waals surface area (Å²) in [6, 6.07) is 21.0. The summed E-state index contributed by atoms with van der Waals surface area (Å²) in [6.07, 6.45) is 2.66. The third-order valence-electron chi connectivity index (χ3n) is 5.43. The molecule has 0 aliphatic carbocycles. The van der Waals surface area contributed by atoms with E-state index in [9.17, 15) is 9.90 Å². The number of amides is 1. The van der Waals surface area contributed by atoms with Crippen LogP contribution in [0, 0.1) is 0 Å². The third kappa shape index (κ3) is 7.16. The van der Waals surface area contributed by atoms with Crippen LogP contribution < -0.4 is 5.32 Å². The Hall–Kier alpha value is -3.17. The van der Waals surface area contributed by atoms with E-state index < -0.39 is 12.4 Å². The lowest BCUT2D eigenvalue weighted by Crippen LogP contribution is -2.31. The molecule has 1 aromatic heterocycles. The number of hydrogen-bond acceptors (Lipinski definition) is 7. The maximum absolute atomic E-state index is 11.8. The summed E-state index contributed by atoms with van der Waals surface area (Å²) in [5.74, 6) is 0.733. The Morgan fingerprint density at radius 2 is 1.89 bits per heavy atom. The number of rotatable bonds is 9. The molecule has 3 aromatic rings. The largest absolute Gasteiger partial charge is 0.445 e. The van der Waals surface area contributed by atoms with Crippen LogP contribution in [0.5, 0.6) is 0 Å². The number of hydrogen-bond donors (Lipinski definition) is 2. The van der Waals surface area contributed by atoms with Crippen molar-refractivity contribution in [2.75, 3.05) is 17.7 Å². The van der Waals surface area contributed by atoms with Crippen molar-refractivity contribution < 1.29 is 24.1 Å². The summed E-state index contributed by atoms with van der Waals surface area (Å²) in [4.78, 5) is 16.2. The van der Waals surface area contributed by atoms with Crippen molar-refractivity contribution in [3.05, 3.63) is 102 Å². The molecule has 2 heterocycles. The zero-order valence-corrected chi connectivity index (χ0v) is 20.0. The molecular weight excluding hydrogens is 464 g/mol. The molecule has 1 aliphatic rings. The van der Waals surface area contributed by atoms with Crippen LogP contribution in [0.15, 0.2) is 90.6 Å². The van der Waals surface area contributed by atoms with Gasteiger partial charge in [-0.1, -0.05) is 55.1 Å². The van der Waals surface area contributed by atoms with Gasteiger partial charge in [0, 0.05) is 29.6 Å². The van der Waals surface area contributed by atoms with Gasteiger partial charge in [0.2, 0.25) is 0 Å². The molecule has 1 fully saturated rings. The number of aromatic nitrogens is 1. The molecule has 4 rings (SSSR count). The van der Waals surface area contributed by atoms with Crippen LogP contribution in [-0.4, -0.2) is 34.6 Å². The minimum atomic E-state index is -0.567. The number of thioether (sulfide) groups is 1. The molecule has 7 nitrogen and oxygen atoms in total. The zero-order chi connectivity index (χ0) is 24.5. The normalized spacial score (nSPS) is 19.6. The maximum atomic E-state index is 11.8. The Morgan fingerprint density at radius 3 is 2.57 bits per heavy atom. The van der Waals surface area contributed by atoms with E-state index >= 15 is 0 Å². The number of carbonyl (C=O) groups excluding carboxylic acids is 1. The number of benzene rings is 2. The van der Waals surface area contributed by atoms with Gasteiger partial charge in [-0.3, -0.25) is 5.32 Å². The number of nitrogens with one attached hydrogen (secondary N) is 1. The summed E-state index contributed by atoms with van der Waals surface area (Å²) in [5, 5.41) is 13.0. The van der Waals surface area contributed by atoms with Crippen LogP contribution in [0.2, 0.25) is 0 Å². The van der Waals surface area contributed by atoms with E-state index in [1.165, 1.54) is 6.08 Å². The fraction of sp³-hybridized carbons (Fsp3) is 0.259. The van der Waals surface area contributed by atoms with Gasteiger partial charge in [-0.25, -0.2) is 9.78 Å². The second-order valence-electron chi connectivity index (χ2n) is 7.96. The zero-order valence-electron chi connectivity index (χ0n) is 19.2. The molecule has 182 valence electrons. The van der Waals surface area contributed by atoms with Crippen molar-refractivity contribution in [3.8, 4) is 0 Å². The summed E-state index contributed by atoms with van der Waals surface area (Å²) in [5.41, 5.74) is 3.34. The fourth-order valence-electron chi connectivity index (χ4n) is 3.65. The average molecular weight is 493 g/mol. The van der Waals surface area contributed by atoms with Crippen LogP contribution in [0.3, 0.4) is 0 Å². The quantitative estimate of drug-likeness (QED) is 0.295. The predicted octanol–water partition coefficient (Wildman–Crippen LogP) is 5.65. The minimum absolute atomic E-state index is 0.00238. The van der Waals surface area contributed by atoms with Gasteiger partial charge in [0.1, 0.15) is 6.61 Å². The first kappa shape index (κ1) is 24.9. The van der Waals surface area contributed by atoms with E-state index in [-0.39, 0.29) is 25.4 Å². The number of pyridine rings is 1. The average Bonchev–Trinajstić information content (AvgIpc) is 2.91. The van der Waals surface area contributed by atoms with Crippen LogP contribution in [-0.2, 0) is 20.8 Å². The first-order valence-electron chi connectivity index (χ1n) is 11.3.